The van der Waals surface area contributed by atoms with Gasteiger partial charge < -0.3 is 14.4 Å². The van der Waals surface area contributed by atoms with E-state index in [0.29, 0.717) is 25.4 Å². The molecule has 0 aliphatic carbocycles. The van der Waals surface area contributed by atoms with Crippen molar-refractivity contribution < 1.29 is 19.1 Å². The van der Waals surface area contributed by atoms with Gasteiger partial charge in [-0.25, -0.2) is 0 Å². The summed E-state index contributed by atoms with van der Waals surface area (Å²) in [6.45, 7) is 4.68. The molecular weight excluding hydrogens is 258 g/mol. The van der Waals surface area contributed by atoms with E-state index in [9.17, 15) is 9.59 Å². The Hall–Kier alpha value is -2.04. The fraction of sp³-hybridized carbons (Fsp3) is 0.467. The highest BCUT2D eigenvalue weighted by Gasteiger charge is 2.24. The summed E-state index contributed by atoms with van der Waals surface area (Å²) < 4.78 is 11.4. The first-order valence-corrected chi connectivity index (χ1v) is 6.75. The molecule has 1 aliphatic heterocycles. The van der Waals surface area contributed by atoms with Crippen LogP contribution < -0.4 is 9.47 Å². The van der Waals surface area contributed by atoms with Crippen LogP contribution in [0.2, 0.25) is 0 Å². The van der Waals surface area contributed by atoms with Crippen LogP contribution in [0.1, 0.15) is 20.3 Å². The zero-order chi connectivity index (χ0) is 14.5. The molecule has 2 rings (SSSR count). The molecular formula is C15H19NO4. The van der Waals surface area contributed by atoms with Crippen molar-refractivity contribution in [1.82, 2.24) is 4.90 Å². The lowest BCUT2D eigenvalue weighted by molar-refractivity contribution is -0.135. The minimum atomic E-state index is -0.208. The summed E-state index contributed by atoms with van der Waals surface area (Å²) in [7, 11) is 0. The van der Waals surface area contributed by atoms with Crippen molar-refractivity contribution in [1.29, 1.82) is 0 Å². The van der Waals surface area contributed by atoms with Crippen molar-refractivity contribution >= 4 is 11.7 Å². The van der Waals surface area contributed by atoms with E-state index in [2.05, 4.69) is 0 Å². The molecule has 0 saturated carbocycles. The number of nitrogens with zero attached hydrogens (tertiary/aromatic N) is 1. The Labute approximate surface area is 118 Å². The topological polar surface area (TPSA) is 55.8 Å². The van der Waals surface area contributed by atoms with Gasteiger partial charge in [0.25, 0.3) is 0 Å². The maximum atomic E-state index is 11.9. The standard InChI is InChI=1S/C15H19NO4/c1-3-16(15(18)8-11(2)17)9-12-10-19-13-6-4-5-7-14(13)20-12/h4-7,12H,3,8-10H2,1-2H3. The first-order valence-electron chi connectivity index (χ1n) is 6.75. The molecule has 1 unspecified atom stereocenters. The van der Waals surface area contributed by atoms with Crippen molar-refractivity contribution in [2.75, 3.05) is 19.7 Å². The highest BCUT2D eigenvalue weighted by molar-refractivity contribution is 5.96. The molecule has 1 aromatic rings. The van der Waals surface area contributed by atoms with Gasteiger partial charge in [0.1, 0.15) is 12.4 Å². The van der Waals surface area contributed by atoms with Crippen molar-refractivity contribution in [3.63, 3.8) is 0 Å². The summed E-state index contributed by atoms with van der Waals surface area (Å²) in [6.07, 6.45) is -0.265. The van der Waals surface area contributed by atoms with Gasteiger partial charge in [0, 0.05) is 6.54 Å². The van der Waals surface area contributed by atoms with Crippen molar-refractivity contribution in [2.24, 2.45) is 0 Å². The summed E-state index contributed by atoms with van der Waals surface area (Å²) in [5, 5.41) is 0. The largest absolute Gasteiger partial charge is 0.486 e. The minimum absolute atomic E-state index is 0.0575. The average Bonchev–Trinajstić information content (AvgIpc) is 2.43. The quantitative estimate of drug-likeness (QED) is 0.768. The van der Waals surface area contributed by atoms with Crippen LogP contribution in [-0.2, 0) is 9.59 Å². The zero-order valence-electron chi connectivity index (χ0n) is 11.8. The van der Waals surface area contributed by atoms with Crippen LogP contribution in [0.5, 0.6) is 11.5 Å². The van der Waals surface area contributed by atoms with E-state index in [1.54, 1.807) is 4.90 Å². The van der Waals surface area contributed by atoms with Crippen molar-refractivity contribution in [3.05, 3.63) is 24.3 Å². The van der Waals surface area contributed by atoms with Crippen LogP contribution in [0, 0.1) is 0 Å². The lowest BCUT2D eigenvalue weighted by Crippen LogP contribution is -2.44. The van der Waals surface area contributed by atoms with Crippen LogP contribution >= 0.6 is 0 Å². The van der Waals surface area contributed by atoms with E-state index in [0.717, 1.165) is 5.75 Å². The third-order valence-corrected chi connectivity index (χ3v) is 3.13. The van der Waals surface area contributed by atoms with Gasteiger partial charge in [-0.15, -0.1) is 0 Å². The molecule has 0 saturated heterocycles. The fourth-order valence-electron chi connectivity index (χ4n) is 2.13. The molecule has 1 aliphatic rings. The summed E-state index contributed by atoms with van der Waals surface area (Å²) in [4.78, 5) is 24.6. The van der Waals surface area contributed by atoms with Crippen LogP contribution in [0.25, 0.3) is 0 Å². The zero-order valence-corrected chi connectivity index (χ0v) is 11.8. The number of hydrogen-bond donors (Lipinski definition) is 0. The molecule has 0 fully saturated rings. The minimum Gasteiger partial charge on any atom is -0.486 e. The molecule has 0 N–H and O–H groups in total. The highest BCUT2D eigenvalue weighted by Crippen LogP contribution is 2.30. The molecule has 5 nitrogen and oxygen atoms in total. The predicted molar refractivity (Wildman–Crippen MR) is 73.9 cm³/mol. The molecule has 1 amide bonds. The number of benzene rings is 1. The number of ketones is 1. The van der Waals surface area contributed by atoms with E-state index < -0.39 is 0 Å². The Morgan fingerprint density at radius 3 is 2.65 bits per heavy atom. The lowest BCUT2D eigenvalue weighted by atomic mass is 10.2. The molecule has 0 bridgehead atoms. The summed E-state index contributed by atoms with van der Waals surface area (Å²) >= 11 is 0. The predicted octanol–water partition coefficient (Wildman–Crippen LogP) is 1.65. The molecule has 0 aromatic heterocycles. The maximum Gasteiger partial charge on any atom is 0.230 e. The van der Waals surface area contributed by atoms with Gasteiger partial charge in [-0.1, -0.05) is 12.1 Å². The first kappa shape index (κ1) is 14.4. The first-order chi connectivity index (χ1) is 9.60. The summed E-state index contributed by atoms with van der Waals surface area (Å²) in [5.74, 6) is 1.13. The van der Waals surface area contributed by atoms with Gasteiger partial charge >= 0.3 is 0 Å². The number of para-hydroxylation sites is 2. The van der Waals surface area contributed by atoms with Gasteiger partial charge in [-0.05, 0) is 26.0 Å². The number of ether oxygens (including phenoxy) is 2. The SMILES string of the molecule is CCN(CC1COc2ccccc2O1)C(=O)CC(C)=O. The Kier molecular flexibility index (Phi) is 4.61. The smallest absolute Gasteiger partial charge is 0.230 e. The number of likely N-dealkylation sites (N-methyl/N-ethyl adjacent to an activating group) is 1. The maximum absolute atomic E-state index is 11.9. The average molecular weight is 277 g/mol. The van der Waals surface area contributed by atoms with E-state index in [1.807, 2.05) is 31.2 Å². The van der Waals surface area contributed by atoms with Gasteiger partial charge in [0.2, 0.25) is 5.91 Å². The Morgan fingerprint density at radius 1 is 1.30 bits per heavy atom. The van der Waals surface area contributed by atoms with Crippen molar-refractivity contribution in [3.8, 4) is 11.5 Å². The summed E-state index contributed by atoms with van der Waals surface area (Å²) in [5.41, 5.74) is 0. The van der Waals surface area contributed by atoms with E-state index in [-0.39, 0.29) is 24.2 Å². The number of rotatable bonds is 5. The number of carbonyl (C=O) groups excluding carboxylic acids is 2. The Balaban J connectivity index is 1.96. The monoisotopic (exact) mass is 277 g/mol. The van der Waals surface area contributed by atoms with E-state index in [4.69, 9.17) is 9.47 Å². The van der Waals surface area contributed by atoms with Gasteiger partial charge in [-0.3, -0.25) is 9.59 Å². The van der Waals surface area contributed by atoms with Crippen molar-refractivity contribution in [2.45, 2.75) is 26.4 Å². The molecule has 20 heavy (non-hydrogen) atoms. The molecule has 1 aromatic carbocycles. The Morgan fingerprint density at radius 2 is 2.00 bits per heavy atom. The van der Waals surface area contributed by atoms with E-state index in [1.165, 1.54) is 6.92 Å². The molecule has 108 valence electrons. The van der Waals surface area contributed by atoms with Gasteiger partial charge in [-0.2, -0.15) is 0 Å². The number of amides is 1. The Bertz CT molecular complexity index is 500. The van der Waals surface area contributed by atoms with Crippen LogP contribution in [0.3, 0.4) is 0 Å². The number of carbonyl (C=O) groups is 2. The van der Waals surface area contributed by atoms with E-state index >= 15 is 0 Å². The fourth-order valence-corrected chi connectivity index (χ4v) is 2.13. The summed E-state index contributed by atoms with van der Waals surface area (Å²) in [6, 6.07) is 7.46. The highest BCUT2D eigenvalue weighted by atomic mass is 16.6. The van der Waals surface area contributed by atoms with Crippen LogP contribution in [-0.4, -0.2) is 42.4 Å². The molecule has 1 heterocycles. The normalized spacial score (nSPS) is 16.6. The second kappa shape index (κ2) is 6.41. The third-order valence-electron chi connectivity index (χ3n) is 3.13. The number of Topliss-reactive ketones (excluding diaryl/α,β-unsaturated/α-hetero) is 1. The van der Waals surface area contributed by atoms with Crippen LogP contribution in [0.15, 0.2) is 24.3 Å². The third kappa shape index (κ3) is 3.50. The number of hydrogen-bond acceptors (Lipinski definition) is 4. The second-order valence-corrected chi connectivity index (χ2v) is 4.81. The molecule has 0 radical (unpaired) electrons. The molecule has 1 atom stereocenters. The lowest BCUT2D eigenvalue weighted by Gasteiger charge is -2.30. The van der Waals surface area contributed by atoms with Gasteiger partial charge in [0.05, 0.1) is 13.0 Å². The van der Waals surface area contributed by atoms with Gasteiger partial charge in [0.15, 0.2) is 17.6 Å². The molecule has 5 heteroatoms. The van der Waals surface area contributed by atoms with Crippen LogP contribution in [0.4, 0.5) is 0 Å². The number of fused-ring (bicyclic) bond motifs is 1. The second-order valence-electron chi connectivity index (χ2n) is 4.81. The molecule has 0 spiro atoms.